The van der Waals surface area contributed by atoms with Crippen LogP contribution in [0.25, 0.3) is 10.2 Å². The Kier molecular flexibility index (Phi) is 5.26. The third-order valence-electron chi connectivity index (χ3n) is 4.25. The predicted octanol–water partition coefficient (Wildman–Crippen LogP) is 4.15. The van der Waals surface area contributed by atoms with E-state index >= 15 is 0 Å². The van der Waals surface area contributed by atoms with Gasteiger partial charge in [-0.2, -0.15) is 0 Å². The van der Waals surface area contributed by atoms with Gasteiger partial charge in [0.1, 0.15) is 0 Å². The van der Waals surface area contributed by atoms with Crippen molar-refractivity contribution < 1.29 is 0 Å². The summed E-state index contributed by atoms with van der Waals surface area (Å²) in [7, 11) is 0. The summed E-state index contributed by atoms with van der Waals surface area (Å²) in [6, 6.07) is 8.43. The molecule has 22 heavy (non-hydrogen) atoms. The fraction of sp³-hybridized carbons (Fsp3) is 0.529. The lowest BCUT2D eigenvalue weighted by Gasteiger charge is -2.33. The smallest absolute Gasteiger partial charge is 0.168 e. The number of hydrogen-bond acceptors (Lipinski definition) is 3. The number of nitrogens with one attached hydrogen (secondary N) is 1. The van der Waals surface area contributed by atoms with Crippen LogP contribution in [-0.2, 0) is 0 Å². The normalized spacial score (nSPS) is 16.1. The van der Waals surface area contributed by atoms with Crippen molar-refractivity contribution in [1.82, 2.24) is 15.2 Å². The molecule has 3 nitrogen and oxygen atoms in total. The average molecular weight is 334 g/mol. The van der Waals surface area contributed by atoms with Gasteiger partial charge >= 0.3 is 0 Å². The van der Waals surface area contributed by atoms with E-state index in [1.165, 1.54) is 22.5 Å². The van der Waals surface area contributed by atoms with Crippen molar-refractivity contribution in [2.24, 2.45) is 0 Å². The molecule has 0 bridgehead atoms. The fourth-order valence-electron chi connectivity index (χ4n) is 2.88. The van der Waals surface area contributed by atoms with Crippen LogP contribution in [0.2, 0.25) is 0 Å². The zero-order valence-corrected chi connectivity index (χ0v) is 14.7. The van der Waals surface area contributed by atoms with Crippen molar-refractivity contribution in [3.63, 3.8) is 0 Å². The summed E-state index contributed by atoms with van der Waals surface area (Å²) >= 11 is 7.35. The van der Waals surface area contributed by atoms with E-state index in [4.69, 9.17) is 17.2 Å². The highest BCUT2D eigenvalue weighted by Crippen LogP contribution is 2.33. The first-order chi connectivity index (χ1) is 10.8. The summed E-state index contributed by atoms with van der Waals surface area (Å²) in [5.41, 5.74) is 1.14. The number of para-hydroxylation sites is 1. The quantitative estimate of drug-likeness (QED) is 0.672. The minimum atomic E-state index is 0.590. The number of thiazole rings is 1. The van der Waals surface area contributed by atoms with Gasteiger partial charge in [-0.1, -0.05) is 25.5 Å². The fourth-order valence-corrected chi connectivity index (χ4v) is 4.30. The Balaban J connectivity index is 1.56. The van der Waals surface area contributed by atoms with Crippen LogP contribution < -0.4 is 5.32 Å². The number of nitrogens with zero attached hydrogens (tertiary/aromatic N) is 2. The lowest BCUT2D eigenvalue weighted by atomic mass is 9.98. The minimum absolute atomic E-state index is 0.590. The third kappa shape index (κ3) is 3.58. The van der Waals surface area contributed by atoms with Crippen molar-refractivity contribution in [2.45, 2.75) is 38.5 Å². The zero-order chi connectivity index (χ0) is 15.4. The maximum Gasteiger partial charge on any atom is 0.168 e. The third-order valence-corrected chi connectivity index (χ3v) is 5.85. The number of unbranched alkanes of at least 4 members (excludes halogenated alkanes) is 1. The summed E-state index contributed by atoms with van der Waals surface area (Å²) in [4.78, 5) is 7.13. The lowest BCUT2D eigenvalue weighted by molar-refractivity contribution is 0.309. The van der Waals surface area contributed by atoms with Crippen LogP contribution in [-0.4, -0.2) is 34.6 Å². The predicted molar refractivity (Wildman–Crippen MR) is 98.7 cm³/mol. The van der Waals surface area contributed by atoms with E-state index in [2.05, 4.69) is 41.4 Å². The molecule has 0 atom stereocenters. The molecule has 2 heterocycles. The van der Waals surface area contributed by atoms with Crippen LogP contribution >= 0.6 is 23.6 Å². The Bertz CT molecular complexity index is 597. The van der Waals surface area contributed by atoms with Crippen LogP contribution in [0.15, 0.2) is 24.3 Å². The molecule has 1 aliphatic rings. The SMILES string of the molecule is CCCCNC(=S)N1CCC(c2nc3ccccc3s2)CC1. The van der Waals surface area contributed by atoms with Crippen LogP contribution in [0.3, 0.4) is 0 Å². The summed E-state index contributed by atoms with van der Waals surface area (Å²) < 4.78 is 1.30. The Morgan fingerprint density at radius 2 is 2.14 bits per heavy atom. The van der Waals surface area contributed by atoms with Crippen molar-refractivity contribution in [3.8, 4) is 0 Å². The molecular formula is C17H23N3S2. The number of rotatable bonds is 4. The van der Waals surface area contributed by atoms with E-state index < -0.39 is 0 Å². The Morgan fingerprint density at radius 1 is 1.36 bits per heavy atom. The lowest BCUT2D eigenvalue weighted by Crippen LogP contribution is -2.44. The molecule has 1 aromatic heterocycles. The number of fused-ring (bicyclic) bond motifs is 1. The molecular weight excluding hydrogens is 310 g/mol. The Labute approximate surface area is 141 Å². The van der Waals surface area contributed by atoms with Crippen LogP contribution in [0, 0.1) is 0 Å². The van der Waals surface area contributed by atoms with E-state index in [1.807, 2.05) is 11.3 Å². The van der Waals surface area contributed by atoms with Gasteiger partial charge in [-0.05, 0) is 43.6 Å². The molecule has 1 N–H and O–H groups in total. The van der Waals surface area contributed by atoms with Gasteiger partial charge < -0.3 is 10.2 Å². The van der Waals surface area contributed by atoms with Gasteiger partial charge in [0, 0.05) is 25.6 Å². The number of thiocarbonyl (C=S) groups is 1. The summed E-state index contributed by atoms with van der Waals surface area (Å²) in [6.45, 7) is 5.28. The van der Waals surface area contributed by atoms with Crippen LogP contribution in [0.1, 0.15) is 43.5 Å². The van der Waals surface area contributed by atoms with Gasteiger partial charge in [-0.15, -0.1) is 11.3 Å². The summed E-state index contributed by atoms with van der Waals surface area (Å²) in [6.07, 6.45) is 4.68. The summed E-state index contributed by atoms with van der Waals surface area (Å²) in [5.74, 6) is 0.590. The van der Waals surface area contributed by atoms with Gasteiger partial charge in [0.05, 0.1) is 15.2 Å². The molecule has 0 aliphatic carbocycles. The van der Waals surface area contributed by atoms with Crippen LogP contribution in [0.4, 0.5) is 0 Å². The second-order valence-electron chi connectivity index (χ2n) is 5.87. The molecule has 0 saturated carbocycles. The van der Waals surface area contributed by atoms with Crippen molar-refractivity contribution >= 4 is 38.9 Å². The maximum atomic E-state index is 5.50. The molecule has 2 aromatic rings. The number of hydrogen-bond donors (Lipinski definition) is 1. The second-order valence-corrected chi connectivity index (χ2v) is 7.32. The molecule has 0 unspecified atom stereocenters. The molecule has 1 aliphatic heterocycles. The highest BCUT2D eigenvalue weighted by atomic mass is 32.1. The molecule has 3 rings (SSSR count). The monoisotopic (exact) mass is 333 g/mol. The Hall–Kier alpha value is -1.20. The maximum absolute atomic E-state index is 5.50. The minimum Gasteiger partial charge on any atom is -0.363 e. The van der Waals surface area contributed by atoms with E-state index in [1.54, 1.807) is 0 Å². The first kappa shape index (κ1) is 15.7. The molecule has 5 heteroatoms. The van der Waals surface area contributed by atoms with Crippen LogP contribution in [0.5, 0.6) is 0 Å². The number of piperidine rings is 1. The number of benzene rings is 1. The van der Waals surface area contributed by atoms with Gasteiger partial charge in [-0.25, -0.2) is 4.98 Å². The number of likely N-dealkylation sites (tertiary alicyclic amines) is 1. The molecule has 1 aromatic carbocycles. The topological polar surface area (TPSA) is 28.2 Å². The first-order valence-corrected chi connectivity index (χ1v) is 9.38. The van der Waals surface area contributed by atoms with E-state index in [0.29, 0.717) is 5.92 Å². The molecule has 1 fully saturated rings. The van der Waals surface area contributed by atoms with Crippen molar-refractivity contribution in [2.75, 3.05) is 19.6 Å². The zero-order valence-electron chi connectivity index (χ0n) is 13.0. The van der Waals surface area contributed by atoms with Gasteiger partial charge in [-0.3, -0.25) is 0 Å². The molecule has 1 saturated heterocycles. The first-order valence-electron chi connectivity index (χ1n) is 8.16. The second kappa shape index (κ2) is 7.38. The molecule has 0 spiro atoms. The molecule has 0 amide bonds. The molecule has 118 valence electrons. The number of aromatic nitrogens is 1. The average Bonchev–Trinajstić information content (AvgIpc) is 2.99. The van der Waals surface area contributed by atoms with Crippen molar-refractivity contribution in [3.05, 3.63) is 29.3 Å². The highest BCUT2D eigenvalue weighted by Gasteiger charge is 2.24. The van der Waals surface area contributed by atoms with Gasteiger partial charge in [0.25, 0.3) is 0 Å². The molecule has 0 radical (unpaired) electrons. The standard InChI is InChI=1S/C17H23N3S2/c1-2-3-10-18-17(21)20-11-8-13(9-12-20)16-19-14-6-4-5-7-15(14)22-16/h4-7,13H,2-3,8-12H2,1H3,(H,18,21). The van der Waals surface area contributed by atoms with E-state index in [9.17, 15) is 0 Å². The van der Waals surface area contributed by atoms with E-state index in [0.717, 1.165) is 43.1 Å². The van der Waals surface area contributed by atoms with Gasteiger partial charge in [0.2, 0.25) is 0 Å². The largest absolute Gasteiger partial charge is 0.363 e. The van der Waals surface area contributed by atoms with Gasteiger partial charge in [0.15, 0.2) is 5.11 Å². The van der Waals surface area contributed by atoms with E-state index in [-0.39, 0.29) is 0 Å². The highest BCUT2D eigenvalue weighted by molar-refractivity contribution is 7.80. The summed E-state index contributed by atoms with van der Waals surface area (Å²) in [5, 5.41) is 5.60. The Morgan fingerprint density at radius 3 is 2.86 bits per heavy atom. The van der Waals surface area contributed by atoms with Crippen molar-refractivity contribution in [1.29, 1.82) is 0 Å².